The van der Waals surface area contributed by atoms with E-state index < -0.39 is 0 Å². The molecule has 65 valence electrons. The van der Waals surface area contributed by atoms with Crippen molar-refractivity contribution in [2.24, 2.45) is 0 Å². The Morgan fingerprint density at radius 1 is 1.08 bits per heavy atom. The second-order valence-corrected chi connectivity index (χ2v) is 3.73. The van der Waals surface area contributed by atoms with Crippen molar-refractivity contribution in [1.82, 2.24) is 0 Å². The van der Waals surface area contributed by atoms with E-state index >= 15 is 0 Å². The minimum absolute atomic E-state index is 1.15. The van der Waals surface area contributed by atoms with E-state index in [1.165, 1.54) is 11.5 Å². The Balaban J connectivity index is 2.80. The van der Waals surface area contributed by atoms with Gasteiger partial charge in [0.15, 0.2) is 0 Å². The van der Waals surface area contributed by atoms with E-state index in [9.17, 15) is 0 Å². The topological polar surface area (TPSA) is 0 Å². The summed E-state index contributed by atoms with van der Waals surface area (Å²) in [7, 11) is 0. The molecule has 0 nitrogen and oxygen atoms in total. The summed E-state index contributed by atoms with van der Waals surface area (Å²) in [5.41, 5.74) is 1.38. The first-order valence-corrected chi connectivity index (χ1v) is 5.17. The molecule has 0 amide bonds. The molecule has 0 heterocycles. The summed E-state index contributed by atoms with van der Waals surface area (Å²) < 4.78 is 1.15. The zero-order valence-corrected chi connectivity index (χ0v) is 9.19. The molecular weight excluding hydrogens is 212 g/mol. The summed E-state index contributed by atoms with van der Waals surface area (Å²) in [5, 5.41) is 0. The van der Waals surface area contributed by atoms with Gasteiger partial charge in [-0.1, -0.05) is 41.9 Å². The minimum atomic E-state index is 1.15. The molecular formula is C11H14Br. The predicted octanol–water partition coefficient (Wildman–Crippen LogP) is 4.19. The van der Waals surface area contributed by atoms with Gasteiger partial charge in [-0.15, -0.1) is 0 Å². The highest BCUT2D eigenvalue weighted by molar-refractivity contribution is 9.10. The van der Waals surface area contributed by atoms with E-state index in [0.29, 0.717) is 0 Å². The van der Waals surface area contributed by atoms with Gasteiger partial charge in [-0.2, -0.15) is 0 Å². The molecule has 0 aromatic heterocycles. The van der Waals surface area contributed by atoms with E-state index in [2.05, 4.69) is 54.0 Å². The van der Waals surface area contributed by atoms with Gasteiger partial charge in [0.25, 0.3) is 0 Å². The highest BCUT2D eigenvalue weighted by atomic mass is 79.9. The third kappa shape index (κ3) is 2.34. The summed E-state index contributed by atoms with van der Waals surface area (Å²) in [4.78, 5) is 0. The summed E-state index contributed by atoms with van der Waals surface area (Å²) >= 11 is 3.43. The smallest absolute Gasteiger partial charge is 0.0175 e. The molecule has 0 aliphatic rings. The first kappa shape index (κ1) is 9.79. The molecule has 1 radical (unpaired) electrons. The zero-order valence-electron chi connectivity index (χ0n) is 7.60. The molecule has 1 aromatic carbocycles. The highest BCUT2D eigenvalue weighted by Gasteiger charge is 2.05. The van der Waals surface area contributed by atoms with Gasteiger partial charge in [0, 0.05) is 10.4 Å². The van der Waals surface area contributed by atoms with Crippen LogP contribution in [-0.2, 0) is 0 Å². The number of hydrogen-bond donors (Lipinski definition) is 0. The lowest BCUT2D eigenvalue weighted by Crippen LogP contribution is -1.95. The van der Waals surface area contributed by atoms with Gasteiger partial charge in [-0.3, -0.25) is 0 Å². The molecule has 12 heavy (non-hydrogen) atoms. The third-order valence-corrected chi connectivity index (χ3v) is 2.63. The normalized spacial score (nSPS) is 10.7. The average molecular weight is 226 g/mol. The van der Waals surface area contributed by atoms with Crippen molar-refractivity contribution in [2.75, 3.05) is 0 Å². The summed E-state index contributed by atoms with van der Waals surface area (Å²) in [6.45, 7) is 4.42. The molecule has 0 spiro atoms. The largest absolute Gasteiger partial charge is 0.0645 e. The predicted molar refractivity (Wildman–Crippen MR) is 57.1 cm³/mol. The second-order valence-electron chi connectivity index (χ2n) is 2.82. The molecule has 0 unspecified atom stereocenters. The summed E-state index contributed by atoms with van der Waals surface area (Å²) in [6, 6.07) is 8.54. The lowest BCUT2D eigenvalue weighted by molar-refractivity contribution is 0.849. The van der Waals surface area contributed by atoms with Crippen LogP contribution in [0.15, 0.2) is 28.7 Å². The molecule has 0 saturated carbocycles. The Kier molecular flexibility index (Phi) is 3.80. The van der Waals surface area contributed by atoms with E-state index in [0.717, 1.165) is 17.3 Å². The van der Waals surface area contributed by atoms with E-state index in [-0.39, 0.29) is 0 Å². The Bertz CT molecular complexity index is 221. The molecule has 1 heteroatoms. The van der Waals surface area contributed by atoms with Crippen LogP contribution < -0.4 is 0 Å². The van der Waals surface area contributed by atoms with Gasteiger partial charge >= 0.3 is 0 Å². The van der Waals surface area contributed by atoms with Crippen molar-refractivity contribution in [2.45, 2.75) is 26.7 Å². The standard InChI is InChI=1S/C11H14Br/c1-3-9(4-2)10-5-7-11(12)8-6-10/h5-8H,3-4H2,1-2H3. The number of benzene rings is 1. The van der Waals surface area contributed by atoms with Crippen molar-refractivity contribution >= 4 is 15.9 Å². The van der Waals surface area contributed by atoms with E-state index in [1.807, 2.05) is 0 Å². The monoisotopic (exact) mass is 225 g/mol. The fraction of sp³-hybridized carbons (Fsp3) is 0.364. The molecule has 0 saturated heterocycles. The van der Waals surface area contributed by atoms with Gasteiger partial charge in [0.2, 0.25) is 0 Å². The molecule has 0 atom stereocenters. The minimum Gasteiger partial charge on any atom is -0.0645 e. The van der Waals surface area contributed by atoms with E-state index in [4.69, 9.17) is 0 Å². The Hall–Kier alpha value is -0.300. The highest BCUT2D eigenvalue weighted by Crippen LogP contribution is 2.23. The van der Waals surface area contributed by atoms with Crippen LogP contribution in [-0.4, -0.2) is 0 Å². The fourth-order valence-electron chi connectivity index (χ4n) is 1.34. The van der Waals surface area contributed by atoms with Crippen molar-refractivity contribution in [3.05, 3.63) is 40.2 Å². The first-order valence-electron chi connectivity index (χ1n) is 4.38. The first-order chi connectivity index (χ1) is 5.77. The number of rotatable bonds is 3. The lowest BCUT2D eigenvalue weighted by atomic mass is 9.94. The lowest BCUT2D eigenvalue weighted by Gasteiger charge is -2.11. The Labute approximate surface area is 83.1 Å². The molecule has 1 aromatic rings. The van der Waals surface area contributed by atoms with Crippen molar-refractivity contribution in [3.8, 4) is 0 Å². The second kappa shape index (κ2) is 4.66. The molecule has 0 bridgehead atoms. The van der Waals surface area contributed by atoms with E-state index in [1.54, 1.807) is 0 Å². The van der Waals surface area contributed by atoms with Crippen molar-refractivity contribution in [3.63, 3.8) is 0 Å². The molecule has 1 rings (SSSR count). The van der Waals surface area contributed by atoms with Crippen LogP contribution in [0.25, 0.3) is 0 Å². The van der Waals surface area contributed by atoms with Gasteiger partial charge in [-0.05, 0) is 30.5 Å². The fourth-order valence-corrected chi connectivity index (χ4v) is 1.61. The molecule has 0 aliphatic carbocycles. The van der Waals surface area contributed by atoms with Gasteiger partial charge in [-0.25, -0.2) is 0 Å². The van der Waals surface area contributed by atoms with Crippen molar-refractivity contribution in [1.29, 1.82) is 0 Å². The number of halogens is 1. The molecule has 0 aliphatic heterocycles. The maximum absolute atomic E-state index is 3.43. The summed E-state index contributed by atoms with van der Waals surface area (Å²) in [5.74, 6) is 1.53. The third-order valence-electron chi connectivity index (χ3n) is 2.11. The van der Waals surface area contributed by atoms with Crippen LogP contribution in [0.1, 0.15) is 32.3 Å². The van der Waals surface area contributed by atoms with Crippen LogP contribution in [0.5, 0.6) is 0 Å². The zero-order chi connectivity index (χ0) is 8.97. The molecule has 0 N–H and O–H groups in total. The summed E-state index contributed by atoms with van der Waals surface area (Å²) in [6.07, 6.45) is 2.30. The molecule has 0 fully saturated rings. The Morgan fingerprint density at radius 3 is 2.00 bits per heavy atom. The van der Waals surface area contributed by atoms with Crippen LogP contribution in [0, 0.1) is 5.92 Å². The maximum atomic E-state index is 3.43. The Morgan fingerprint density at radius 2 is 1.58 bits per heavy atom. The van der Waals surface area contributed by atoms with Gasteiger partial charge in [0.05, 0.1) is 0 Å². The van der Waals surface area contributed by atoms with Gasteiger partial charge < -0.3 is 0 Å². The number of hydrogen-bond acceptors (Lipinski definition) is 0. The van der Waals surface area contributed by atoms with Crippen LogP contribution in [0.4, 0.5) is 0 Å². The van der Waals surface area contributed by atoms with Crippen LogP contribution >= 0.6 is 15.9 Å². The van der Waals surface area contributed by atoms with Crippen LogP contribution in [0.2, 0.25) is 0 Å². The average Bonchev–Trinajstić information content (AvgIpc) is 2.10. The van der Waals surface area contributed by atoms with Crippen LogP contribution in [0.3, 0.4) is 0 Å². The SMILES string of the molecule is CC[C](CC)c1ccc(Br)cc1. The van der Waals surface area contributed by atoms with Crippen molar-refractivity contribution < 1.29 is 0 Å². The van der Waals surface area contributed by atoms with Gasteiger partial charge in [0.1, 0.15) is 0 Å². The quantitative estimate of drug-likeness (QED) is 0.724. The maximum Gasteiger partial charge on any atom is 0.0175 e.